The Balaban J connectivity index is 2.66. The van der Waals surface area contributed by atoms with E-state index in [-0.39, 0.29) is 24.9 Å². The summed E-state index contributed by atoms with van der Waals surface area (Å²) in [4.78, 5) is 13.5. The smallest absolute Gasteiger partial charge is 0.374 e. The van der Waals surface area contributed by atoms with Crippen molar-refractivity contribution in [2.75, 3.05) is 13.2 Å². The zero-order valence-corrected chi connectivity index (χ0v) is 7.08. The van der Waals surface area contributed by atoms with Crippen molar-refractivity contribution < 1.29 is 19.1 Å². The number of aliphatic hydroxyl groups is 1. The zero-order valence-electron chi connectivity index (χ0n) is 7.08. The molecule has 0 aliphatic heterocycles. The van der Waals surface area contributed by atoms with Gasteiger partial charge in [-0.15, -0.1) is 0 Å². The van der Waals surface area contributed by atoms with Gasteiger partial charge in [0, 0.05) is 4.91 Å². The number of hydrogen-bond acceptors (Lipinski definition) is 5. The number of aliphatic hydroxyl groups excluding tert-OH is 1. The lowest BCUT2D eigenvalue weighted by Crippen LogP contribution is -2.07. The summed E-state index contributed by atoms with van der Waals surface area (Å²) in [7, 11) is 0. The minimum atomic E-state index is -0.710. The standard InChI is InChI=1S/C7H7N3O4/c8-10-9-6-2-1-5(14-6)7(12)13-4-3-11/h1-2,11H,3-4H2. The van der Waals surface area contributed by atoms with E-state index in [1.54, 1.807) is 0 Å². The van der Waals surface area contributed by atoms with Crippen molar-refractivity contribution in [3.8, 4) is 0 Å². The lowest BCUT2D eigenvalue weighted by Gasteiger charge is -1.97. The van der Waals surface area contributed by atoms with Gasteiger partial charge in [0.05, 0.1) is 6.61 Å². The van der Waals surface area contributed by atoms with E-state index in [2.05, 4.69) is 14.8 Å². The Hall–Kier alpha value is -1.98. The molecule has 0 saturated carbocycles. The first-order valence-corrected chi connectivity index (χ1v) is 3.71. The molecular formula is C7H7N3O4. The van der Waals surface area contributed by atoms with E-state index in [1.165, 1.54) is 12.1 Å². The summed E-state index contributed by atoms with van der Waals surface area (Å²) < 4.78 is 9.36. The fourth-order valence-electron chi connectivity index (χ4n) is 0.745. The second-order valence-corrected chi connectivity index (χ2v) is 2.19. The van der Waals surface area contributed by atoms with Crippen LogP contribution in [0.5, 0.6) is 0 Å². The predicted octanol–water partition coefficient (Wildman–Crippen LogP) is 1.37. The van der Waals surface area contributed by atoms with Crippen molar-refractivity contribution in [3.63, 3.8) is 0 Å². The first-order valence-electron chi connectivity index (χ1n) is 3.71. The van der Waals surface area contributed by atoms with Gasteiger partial charge < -0.3 is 14.3 Å². The number of hydrogen-bond donors (Lipinski definition) is 1. The summed E-state index contributed by atoms with van der Waals surface area (Å²) in [6.07, 6.45) is 0. The van der Waals surface area contributed by atoms with Crippen LogP contribution in [0.3, 0.4) is 0 Å². The van der Waals surface area contributed by atoms with E-state index in [1.807, 2.05) is 0 Å². The maximum absolute atomic E-state index is 11.1. The molecular weight excluding hydrogens is 190 g/mol. The molecule has 0 aromatic carbocycles. The number of carbonyl (C=O) groups is 1. The van der Waals surface area contributed by atoms with Gasteiger partial charge in [-0.05, 0) is 22.8 Å². The molecule has 0 saturated heterocycles. The van der Waals surface area contributed by atoms with Gasteiger partial charge in [-0.2, -0.15) is 0 Å². The maximum Gasteiger partial charge on any atom is 0.374 e. The Labute approximate surface area is 78.5 Å². The number of nitrogens with zero attached hydrogens (tertiary/aromatic N) is 3. The fraction of sp³-hybridized carbons (Fsp3) is 0.286. The Kier molecular flexibility index (Phi) is 3.54. The molecule has 1 aromatic rings. The summed E-state index contributed by atoms with van der Waals surface area (Å²) in [6.45, 7) is -0.355. The van der Waals surface area contributed by atoms with Crippen LogP contribution < -0.4 is 0 Å². The molecule has 1 rings (SSSR count). The van der Waals surface area contributed by atoms with Crippen LogP contribution in [0.15, 0.2) is 21.7 Å². The summed E-state index contributed by atoms with van der Waals surface area (Å²) in [5.74, 6) is -0.789. The molecule has 7 nitrogen and oxygen atoms in total. The number of azide groups is 1. The van der Waals surface area contributed by atoms with Crippen molar-refractivity contribution in [3.05, 3.63) is 28.3 Å². The third-order valence-corrected chi connectivity index (χ3v) is 1.26. The van der Waals surface area contributed by atoms with E-state index in [0.29, 0.717) is 0 Å². The molecule has 74 valence electrons. The lowest BCUT2D eigenvalue weighted by molar-refractivity contribution is 0.0399. The molecule has 7 heteroatoms. The SMILES string of the molecule is [N-]=[N+]=Nc1ccc(C(=O)OCCO)o1. The normalized spacial score (nSPS) is 9.21. The minimum absolute atomic E-state index is 0.0107. The molecule has 0 unspecified atom stereocenters. The summed E-state index contributed by atoms with van der Waals surface area (Å²) >= 11 is 0. The molecule has 0 fully saturated rings. The van der Waals surface area contributed by atoms with Crippen LogP contribution in [-0.2, 0) is 4.74 Å². The number of carbonyl (C=O) groups excluding carboxylic acids is 1. The third kappa shape index (κ3) is 2.51. The summed E-state index contributed by atoms with van der Waals surface area (Å²) in [5.41, 5.74) is 8.06. The highest BCUT2D eigenvalue weighted by atomic mass is 16.6. The van der Waals surface area contributed by atoms with E-state index in [0.717, 1.165) is 0 Å². The van der Waals surface area contributed by atoms with E-state index in [9.17, 15) is 4.79 Å². The second kappa shape index (κ2) is 4.90. The average Bonchev–Trinajstić information content (AvgIpc) is 2.63. The Bertz CT molecular complexity index is 367. The predicted molar refractivity (Wildman–Crippen MR) is 44.9 cm³/mol. The minimum Gasteiger partial charge on any atom is -0.457 e. The van der Waals surface area contributed by atoms with Crippen LogP contribution in [0.4, 0.5) is 5.88 Å². The Morgan fingerprint density at radius 3 is 3.14 bits per heavy atom. The fourth-order valence-corrected chi connectivity index (χ4v) is 0.745. The van der Waals surface area contributed by atoms with Crippen LogP contribution in [0, 0.1) is 0 Å². The van der Waals surface area contributed by atoms with E-state index in [4.69, 9.17) is 15.1 Å². The monoisotopic (exact) mass is 197 g/mol. The Morgan fingerprint density at radius 1 is 1.71 bits per heavy atom. The van der Waals surface area contributed by atoms with Crippen LogP contribution in [0.2, 0.25) is 0 Å². The third-order valence-electron chi connectivity index (χ3n) is 1.26. The molecule has 0 amide bonds. The van der Waals surface area contributed by atoms with Crippen LogP contribution in [-0.4, -0.2) is 24.3 Å². The number of furan rings is 1. The summed E-state index contributed by atoms with van der Waals surface area (Å²) in [5, 5.41) is 11.5. The number of ether oxygens (including phenoxy) is 1. The van der Waals surface area contributed by atoms with Gasteiger partial charge in [-0.3, -0.25) is 0 Å². The van der Waals surface area contributed by atoms with Crippen molar-refractivity contribution in [1.29, 1.82) is 0 Å². The highest BCUT2D eigenvalue weighted by Gasteiger charge is 2.11. The maximum atomic E-state index is 11.1. The van der Waals surface area contributed by atoms with Crippen LogP contribution in [0.25, 0.3) is 10.4 Å². The zero-order chi connectivity index (χ0) is 10.4. The van der Waals surface area contributed by atoms with Gasteiger partial charge in [0.2, 0.25) is 5.76 Å². The highest BCUT2D eigenvalue weighted by Crippen LogP contribution is 2.17. The number of rotatable bonds is 4. The second-order valence-electron chi connectivity index (χ2n) is 2.19. The van der Waals surface area contributed by atoms with Gasteiger partial charge in [0.15, 0.2) is 5.88 Å². The van der Waals surface area contributed by atoms with Gasteiger partial charge in [0.25, 0.3) is 0 Å². The van der Waals surface area contributed by atoms with Crippen molar-refractivity contribution in [1.82, 2.24) is 0 Å². The molecule has 0 radical (unpaired) electrons. The molecule has 1 N–H and O–H groups in total. The molecule has 14 heavy (non-hydrogen) atoms. The first kappa shape index (κ1) is 10.1. The molecule has 0 atom stereocenters. The molecule has 0 aliphatic carbocycles. The van der Waals surface area contributed by atoms with E-state index < -0.39 is 5.97 Å². The number of esters is 1. The van der Waals surface area contributed by atoms with Crippen LogP contribution >= 0.6 is 0 Å². The molecule has 1 heterocycles. The largest absolute Gasteiger partial charge is 0.457 e. The molecule has 1 aromatic heterocycles. The lowest BCUT2D eigenvalue weighted by atomic mass is 10.4. The van der Waals surface area contributed by atoms with E-state index >= 15 is 0 Å². The molecule has 0 spiro atoms. The topological polar surface area (TPSA) is 108 Å². The summed E-state index contributed by atoms with van der Waals surface area (Å²) in [6, 6.07) is 2.67. The van der Waals surface area contributed by atoms with Crippen molar-refractivity contribution >= 4 is 11.9 Å². The molecule has 0 aliphatic rings. The van der Waals surface area contributed by atoms with Gasteiger partial charge in [-0.1, -0.05) is 0 Å². The highest BCUT2D eigenvalue weighted by molar-refractivity contribution is 5.86. The van der Waals surface area contributed by atoms with Crippen molar-refractivity contribution in [2.45, 2.75) is 0 Å². The van der Waals surface area contributed by atoms with Crippen molar-refractivity contribution in [2.24, 2.45) is 5.11 Å². The van der Waals surface area contributed by atoms with Gasteiger partial charge in [-0.25, -0.2) is 4.79 Å². The molecule has 0 bridgehead atoms. The quantitative estimate of drug-likeness (QED) is 0.340. The first-order chi connectivity index (χ1) is 6.77. The van der Waals surface area contributed by atoms with Gasteiger partial charge in [0.1, 0.15) is 6.61 Å². The average molecular weight is 197 g/mol. The Morgan fingerprint density at radius 2 is 2.50 bits per heavy atom. The van der Waals surface area contributed by atoms with Crippen LogP contribution in [0.1, 0.15) is 10.6 Å². The van der Waals surface area contributed by atoms with Gasteiger partial charge >= 0.3 is 5.97 Å².